The predicted octanol–water partition coefficient (Wildman–Crippen LogP) is 3.19. The van der Waals surface area contributed by atoms with E-state index >= 15 is 0 Å². The zero-order valence-corrected chi connectivity index (χ0v) is 14.0. The first-order valence-electron chi connectivity index (χ1n) is 7.28. The second-order valence-electron chi connectivity index (χ2n) is 5.46. The first-order valence-corrected chi connectivity index (χ1v) is 8.04. The van der Waals surface area contributed by atoms with Gasteiger partial charge in [0.15, 0.2) is 0 Å². The number of ether oxygens (including phenoxy) is 2. The molecule has 5 nitrogen and oxygen atoms in total. The summed E-state index contributed by atoms with van der Waals surface area (Å²) in [5.41, 5.74) is 0.299. The zero-order valence-electron chi connectivity index (χ0n) is 12.5. The fraction of sp³-hybridized carbons (Fsp3) is 0.375. The van der Waals surface area contributed by atoms with E-state index in [0.29, 0.717) is 47.4 Å². The normalized spacial score (nSPS) is 19.7. The lowest BCUT2D eigenvalue weighted by Gasteiger charge is -2.29. The number of halogens is 2. The first-order chi connectivity index (χ1) is 11.0. The molecule has 23 heavy (non-hydrogen) atoms. The Hall–Kier alpha value is -1.56. The van der Waals surface area contributed by atoms with Crippen LogP contribution in [0, 0.1) is 0 Å². The van der Waals surface area contributed by atoms with Gasteiger partial charge in [-0.1, -0.05) is 23.2 Å². The van der Waals surface area contributed by atoms with Crippen molar-refractivity contribution in [1.82, 2.24) is 4.90 Å². The number of hydrogen-bond acceptors (Lipinski definition) is 4. The standard InChI is InChI=1S/C16H15Cl2NO4/c1-9-14(23-11-2-3-12(17)13(18)8-11)16(21)19(15(9)20)10-4-6-22-7-5-10/h2-3,8,10H,4-7H2,1H3. The Morgan fingerprint density at radius 2 is 1.83 bits per heavy atom. The molecule has 0 aliphatic carbocycles. The van der Waals surface area contributed by atoms with Crippen LogP contribution in [0.5, 0.6) is 5.75 Å². The molecule has 2 amide bonds. The maximum Gasteiger partial charge on any atom is 0.297 e. The second-order valence-corrected chi connectivity index (χ2v) is 6.27. The summed E-state index contributed by atoms with van der Waals surface area (Å²) >= 11 is 11.8. The van der Waals surface area contributed by atoms with Gasteiger partial charge in [-0.15, -0.1) is 0 Å². The van der Waals surface area contributed by atoms with E-state index in [1.165, 1.54) is 11.0 Å². The van der Waals surface area contributed by atoms with Gasteiger partial charge in [-0.25, -0.2) is 0 Å². The molecule has 0 N–H and O–H groups in total. The molecule has 2 aliphatic rings. The van der Waals surface area contributed by atoms with E-state index in [9.17, 15) is 9.59 Å². The number of benzene rings is 1. The minimum absolute atomic E-state index is 0.0416. The van der Waals surface area contributed by atoms with Crippen LogP contribution in [0.3, 0.4) is 0 Å². The average Bonchev–Trinajstić information content (AvgIpc) is 2.75. The molecule has 122 valence electrons. The van der Waals surface area contributed by atoms with E-state index in [1.54, 1.807) is 19.1 Å². The Morgan fingerprint density at radius 1 is 1.13 bits per heavy atom. The van der Waals surface area contributed by atoms with Crippen molar-refractivity contribution in [3.05, 3.63) is 39.6 Å². The van der Waals surface area contributed by atoms with Crippen LogP contribution in [-0.4, -0.2) is 36.0 Å². The van der Waals surface area contributed by atoms with Gasteiger partial charge in [0.05, 0.1) is 15.6 Å². The third-order valence-corrected chi connectivity index (χ3v) is 4.70. The van der Waals surface area contributed by atoms with Gasteiger partial charge in [-0.2, -0.15) is 0 Å². The molecule has 2 heterocycles. The van der Waals surface area contributed by atoms with Crippen LogP contribution in [-0.2, 0) is 14.3 Å². The predicted molar refractivity (Wildman–Crippen MR) is 85.5 cm³/mol. The van der Waals surface area contributed by atoms with Crippen LogP contribution < -0.4 is 4.74 Å². The Labute approximate surface area is 143 Å². The molecule has 1 saturated heterocycles. The van der Waals surface area contributed by atoms with E-state index in [4.69, 9.17) is 32.7 Å². The minimum atomic E-state index is -0.412. The molecule has 2 aliphatic heterocycles. The maximum absolute atomic E-state index is 12.6. The first kappa shape index (κ1) is 16.3. The average molecular weight is 356 g/mol. The third kappa shape index (κ3) is 3.09. The van der Waals surface area contributed by atoms with Gasteiger partial charge in [-0.3, -0.25) is 14.5 Å². The number of imide groups is 1. The molecule has 1 fully saturated rings. The van der Waals surface area contributed by atoms with Crippen molar-refractivity contribution < 1.29 is 19.1 Å². The molecule has 1 aromatic rings. The number of carbonyl (C=O) groups excluding carboxylic acids is 2. The number of nitrogens with zero attached hydrogens (tertiary/aromatic N) is 1. The van der Waals surface area contributed by atoms with Crippen LogP contribution in [0.2, 0.25) is 10.0 Å². The lowest BCUT2D eigenvalue weighted by molar-refractivity contribution is -0.143. The summed E-state index contributed by atoms with van der Waals surface area (Å²) < 4.78 is 10.9. The van der Waals surface area contributed by atoms with Gasteiger partial charge < -0.3 is 9.47 Å². The highest BCUT2D eigenvalue weighted by Crippen LogP contribution is 2.31. The summed E-state index contributed by atoms with van der Waals surface area (Å²) in [5, 5.41) is 0.711. The van der Waals surface area contributed by atoms with Crippen molar-refractivity contribution in [3.63, 3.8) is 0 Å². The number of carbonyl (C=O) groups is 2. The quantitative estimate of drug-likeness (QED) is 0.781. The number of hydrogen-bond donors (Lipinski definition) is 0. The topological polar surface area (TPSA) is 55.8 Å². The van der Waals surface area contributed by atoms with Crippen LogP contribution in [0.25, 0.3) is 0 Å². The highest BCUT2D eigenvalue weighted by atomic mass is 35.5. The Kier molecular flexibility index (Phi) is 4.62. The Morgan fingerprint density at radius 3 is 2.48 bits per heavy atom. The summed E-state index contributed by atoms with van der Waals surface area (Å²) in [6.45, 7) is 2.68. The van der Waals surface area contributed by atoms with Crippen molar-refractivity contribution in [2.75, 3.05) is 13.2 Å². The van der Waals surface area contributed by atoms with Crippen molar-refractivity contribution >= 4 is 35.0 Å². The fourth-order valence-corrected chi connectivity index (χ4v) is 2.98. The second kappa shape index (κ2) is 6.51. The molecule has 0 radical (unpaired) electrons. The van der Waals surface area contributed by atoms with Crippen LogP contribution in [0.15, 0.2) is 29.5 Å². The van der Waals surface area contributed by atoms with E-state index in [1.807, 2.05) is 0 Å². The monoisotopic (exact) mass is 355 g/mol. The molecule has 7 heteroatoms. The van der Waals surface area contributed by atoms with Crippen molar-refractivity contribution in [1.29, 1.82) is 0 Å². The summed E-state index contributed by atoms with van der Waals surface area (Å²) in [4.78, 5) is 26.3. The molecule has 0 atom stereocenters. The van der Waals surface area contributed by atoms with E-state index < -0.39 is 5.91 Å². The van der Waals surface area contributed by atoms with Crippen LogP contribution in [0.4, 0.5) is 0 Å². The summed E-state index contributed by atoms with van der Waals surface area (Å²) in [7, 11) is 0. The van der Waals surface area contributed by atoms with Crippen molar-refractivity contribution in [3.8, 4) is 5.75 Å². The van der Waals surface area contributed by atoms with Crippen LogP contribution in [0.1, 0.15) is 19.8 Å². The van der Waals surface area contributed by atoms with Crippen molar-refractivity contribution in [2.24, 2.45) is 0 Å². The molecular weight excluding hydrogens is 341 g/mol. The molecule has 0 unspecified atom stereocenters. The summed E-state index contributed by atoms with van der Waals surface area (Å²) in [6, 6.07) is 4.54. The third-order valence-electron chi connectivity index (χ3n) is 3.96. The van der Waals surface area contributed by atoms with Gasteiger partial charge in [0, 0.05) is 25.3 Å². The lowest BCUT2D eigenvalue weighted by atomic mass is 10.1. The summed E-state index contributed by atoms with van der Waals surface area (Å²) in [5.74, 6) is -0.314. The minimum Gasteiger partial charge on any atom is -0.451 e. The molecule has 0 bridgehead atoms. The van der Waals surface area contributed by atoms with Gasteiger partial charge in [-0.05, 0) is 31.9 Å². The van der Waals surface area contributed by atoms with E-state index in [0.717, 1.165) is 0 Å². The van der Waals surface area contributed by atoms with Crippen molar-refractivity contribution in [2.45, 2.75) is 25.8 Å². The maximum atomic E-state index is 12.6. The van der Waals surface area contributed by atoms with Gasteiger partial charge in [0.2, 0.25) is 5.76 Å². The summed E-state index contributed by atoms with van der Waals surface area (Å²) in [6.07, 6.45) is 1.29. The Balaban J connectivity index is 1.82. The Bertz CT molecular complexity index is 695. The largest absolute Gasteiger partial charge is 0.451 e. The smallest absolute Gasteiger partial charge is 0.297 e. The van der Waals surface area contributed by atoms with Gasteiger partial charge in [0.25, 0.3) is 11.8 Å². The SMILES string of the molecule is CC1=C(Oc2ccc(Cl)c(Cl)c2)C(=O)N(C2CCOCC2)C1=O. The molecule has 0 saturated carbocycles. The zero-order chi connectivity index (χ0) is 16.6. The molecule has 3 rings (SSSR count). The van der Waals surface area contributed by atoms with E-state index in [2.05, 4.69) is 0 Å². The van der Waals surface area contributed by atoms with Gasteiger partial charge in [0.1, 0.15) is 5.75 Å². The van der Waals surface area contributed by atoms with Gasteiger partial charge >= 0.3 is 0 Å². The molecule has 0 aromatic heterocycles. The lowest BCUT2D eigenvalue weighted by Crippen LogP contribution is -2.44. The number of amides is 2. The van der Waals surface area contributed by atoms with E-state index in [-0.39, 0.29) is 17.7 Å². The molecule has 1 aromatic carbocycles. The fourth-order valence-electron chi connectivity index (χ4n) is 2.69. The van der Waals surface area contributed by atoms with Crippen LogP contribution >= 0.6 is 23.2 Å². The molecule has 0 spiro atoms. The highest BCUT2D eigenvalue weighted by Gasteiger charge is 2.42. The highest BCUT2D eigenvalue weighted by molar-refractivity contribution is 6.42. The number of rotatable bonds is 3. The molecular formula is C16H15Cl2NO4.